The highest BCUT2D eigenvalue weighted by Gasteiger charge is 2.14. The first-order valence-electron chi connectivity index (χ1n) is 5.85. The zero-order valence-corrected chi connectivity index (χ0v) is 9.90. The molecule has 0 spiro atoms. The molecule has 1 saturated heterocycles. The smallest absolute Gasteiger partial charge is 0.221 e. The van der Waals surface area contributed by atoms with E-state index in [0.717, 1.165) is 25.9 Å². The van der Waals surface area contributed by atoms with Crippen LogP contribution >= 0.6 is 0 Å². The molecular formula is C12H17N3O2. The van der Waals surface area contributed by atoms with Gasteiger partial charge in [-0.2, -0.15) is 0 Å². The number of nitrogens with one attached hydrogen (secondary N) is 2. The predicted molar refractivity (Wildman–Crippen MR) is 65.1 cm³/mol. The normalized spacial score (nSPS) is 16.5. The summed E-state index contributed by atoms with van der Waals surface area (Å²) in [6, 6.07) is 3.58. The highest BCUT2D eigenvalue weighted by Crippen LogP contribution is 2.16. The van der Waals surface area contributed by atoms with Gasteiger partial charge in [0.05, 0.1) is 11.9 Å². The second-order valence-corrected chi connectivity index (χ2v) is 4.13. The van der Waals surface area contributed by atoms with Gasteiger partial charge in [0, 0.05) is 13.0 Å². The Morgan fingerprint density at radius 1 is 1.47 bits per heavy atom. The van der Waals surface area contributed by atoms with Crippen LogP contribution in [0.4, 0.5) is 5.69 Å². The fourth-order valence-electron chi connectivity index (χ4n) is 1.81. The Morgan fingerprint density at radius 3 is 2.82 bits per heavy atom. The van der Waals surface area contributed by atoms with E-state index in [1.54, 1.807) is 18.3 Å². The van der Waals surface area contributed by atoms with Gasteiger partial charge in [-0.05, 0) is 32.0 Å². The van der Waals surface area contributed by atoms with E-state index in [0.29, 0.717) is 11.6 Å². The van der Waals surface area contributed by atoms with Crippen LogP contribution < -0.4 is 15.4 Å². The summed E-state index contributed by atoms with van der Waals surface area (Å²) >= 11 is 0. The lowest BCUT2D eigenvalue weighted by molar-refractivity contribution is -0.114. The van der Waals surface area contributed by atoms with Crippen molar-refractivity contribution in [3.63, 3.8) is 0 Å². The molecule has 5 heteroatoms. The summed E-state index contributed by atoms with van der Waals surface area (Å²) in [5.41, 5.74) is 0.690. The van der Waals surface area contributed by atoms with Crippen molar-refractivity contribution in [1.82, 2.24) is 10.3 Å². The quantitative estimate of drug-likeness (QED) is 0.825. The van der Waals surface area contributed by atoms with Crippen LogP contribution in [0.2, 0.25) is 0 Å². The molecule has 1 aromatic heterocycles. The Hall–Kier alpha value is -1.62. The van der Waals surface area contributed by atoms with Crippen molar-refractivity contribution in [3.05, 3.63) is 18.3 Å². The van der Waals surface area contributed by atoms with Crippen molar-refractivity contribution in [2.75, 3.05) is 18.4 Å². The molecule has 2 N–H and O–H groups in total. The van der Waals surface area contributed by atoms with Crippen molar-refractivity contribution < 1.29 is 9.53 Å². The first-order chi connectivity index (χ1) is 8.24. The highest BCUT2D eigenvalue weighted by atomic mass is 16.5. The number of amides is 1. The minimum absolute atomic E-state index is 0.0983. The van der Waals surface area contributed by atoms with E-state index < -0.39 is 0 Å². The molecule has 0 bridgehead atoms. The minimum Gasteiger partial charge on any atom is -0.474 e. The van der Waals surface area contributed by atoms with Crippen molar-refractivity contribution in [3.8, 4) is 5.88 Å². The SMILES string of the molecule is CC(=O)Nc1ccc(OC2CCNCC2)nc1. The fourth-order valence-corrected chi connectivity index (χ4v) is 1.81. The maximum absolute atomic E-state index is 10.8. The van der Waals surface area contributed by atoms with Crippen LogP contribution in [-0.4, -0.2) is 30.1 Å². The fraction of sp³-hybridized carbons (Fsp3) is 0.500. The van der Waals surface area contributed by atoms with Crippen LogP contribution in [0, 0.1) is 0 Å². The molecule has 1 aromatic rings. The minimum atomic E-state index is -0.0983. The number of piperidine rings is 1. The Bertz CT molecular complexity index is 372. The Labute approximate surface area is 101 Å². The second kappa shape index (κ2) is 5.63. The van der Waals surface area contributed by atoms with Crippen LogP contribution in [0.3, 0.4) is 0 Å². The maximum atomic E-state index is 10.8. The average molecular weight is 235 g/mol. The van der Waals surface area contributed by atoms with Crippen LogP contribution in [0.25, 0.3) is 0 Å². The third-order valence-corrected chi connectivity index (χ3v) is 2.63. The lowest BCUT2D eigenvalue weighted by Crippen LogP contribution is -2.34. The zero-order valence-electron chi connectivity index (χ0n) is 9.90. The molecule has 1 fully saturated rings. The summed E-state index contributed by atoms with van der Waals surface area (Å²) in [4.78, 5) is 15.0. The number of nitrogens with zero attached hydrogens (tertiary/aromatic N) is 1. The summed E-state index contributed by atoms with van der Waals surface area (Å²) in [6.07, 6.45) is 3.87. The van der Waals surface area contributed by atoms with Gasteiger partial charge in [-0.3, -0.25) is 4.79 Å². The molecule has 0 radical (unpaired) electrons. The molecular weight excluding hydrogens is 218 g/mol. The molecule has 92 valence electrons. The predicted octanol–water partition coefficient (Wildman–Crippen LogP) is 1.17. The van der Waals surface area contributed by atoms with Gasteiger partial charge in [0.15, 0.2) is 0 Å². The summed E-state index contributed by atoms with van der Waals surface area (Å²) < 4.78 is 5.75. The van der Waals surface area contributed by atoms with Crippen molar-refractivity contribution in [1.29, 1.82) is 0 Å². The van der Waals surface area contributed by atoms with Gasteiger partial charge in [0.1, 0.15) is 6.10 Å². The molecule has 1 aliphatic rings. The number of rotatable bonds is 3. The van der Waals surface area contributed by atoms with Gasteiger partial charge < -0.3 is 15.4 Å². The van der Waals surface area contributed by atoms with E-state index in [4.69, 9.17) is 4.74 Å². The van der Waals surface area contributed by atoms with E-state index in [2.05, 4.69) is 15.6 Å². The molecule has 1 amide bonds. The third kappa shape index (κ3) is 3.71. The summed E-state index contributed by atoms with van der Waals surface area (Å²) in [5, 5.41) is 5.95. The Kier molecular flexibility index (Phi) is 3.93. The molecule has 0 aliphatic carbocycles. The second-order valence-electron chi connectivity index (χ2n) is 4.13. The Morgan fingerprint density at radius 2 is 2.24 bits per heavy atom. The van der Waals surface area contributed by atoms with E-state index in [-0.39, 0.29) is 12.0 Å². The molecule has 0 aromatic carbocycles. The summed E-state index contributed by atoms with van der Waals surface area (Å²) in [5.74, 6) is 0.518. The topological polar surface area (TPSA) is 63.2 Å². The van der Waals surface area contributed by atoms with Crippen molar-refractivity contribution >= 4 is 11.6 Å². The van der Waals surface area contributed by atoms with Gasteiger partial charge in [0.2, 0.25) is 11.8 Å². The van der Waals surface area contributed by atoms with Crippen molar-refractivity contribution in [2.45, 2.75) is 25.9 Å². The largest absolute Gasteiger partial charge is 0.474 e. The Balaban J connectivity index is 1.90. The third-order valence-electron chi connectivity index (χ3n) is 2.63. The lowest BCUT2D eigenvalue weighted by atomic mass is 10.1. The molecule has 0 unspecified atom stereocenters. The summed E-state index contributed by atoms with van der Waals surface area (Å²) in [6.45, 7) is 3.46. The standard InChI is InChI=1S/C12H17N3O2/c1-9(16)15-10-2-3-12(14-8-10)17-11-4-6-13-7-5-11/h2-3,8,11,13H,4-7H2,1H3,(H,15,16). The number of carbonyl (C=O) groups excluding carboxylic acids is 1. The van der Waals surface area contributed by atoms with Crippen molar-refractivity contribution in [2.24, 2.45) is 0 Å². The average Bonchev–Trinajstić information content (AvgIpc) is 2.32. The highest BCUT2D eigenvalue weighted by molar-refractivity contribution is 5.88. The number of carbonyl (C=O) groups is 1. The van der Waals surface area contributed by atoms with Gasteiger partial charge in [-0.1, -0.05) is 0 Å². The number of pyridine rings is 1. The number of hydrogen-bond acceptors (Lipinski definition) is 4. The van der Waals surface area contributed by atoms with Gasteiger partial charge in [0.25, 0.3) is 0 Å². The first kappa shape index (κ1) is 11.9. The number of ether oxygens (including phenoxy) is 1. The maximum Gasteiger partial charge on any atom is 0.221 e. The molecule has 2 rings (SSSR count). The van der Waals surface area contributed by atoms with Gasteiger partial charge >= 0.3 is 0 Å². The number of aromatic nitrogens is 1. The van der Waals surface area contributed by atoms with E-state index >= 15 is 0 Å². The van der Waals surface area contributed by atoms with E-state index in [1.807, 2.05) is 0 Å². The van der Waals surface area contributed by atoms with Gasteiger partial charge in [-0.25, -0.2) is 4.98 Å². The van der Waals surface area contributed by atoms with Crippen LogP contribution in [0.5, 0.6) is 5.88 Å². The van der Waals surface area contributed by atoms with Crippen LogP contribution in [0.1, 0.15) is 19.8 Å². The number of hydrogen-bond donors (Lipinski definition) is 2. The first-order valence-corrected chi connectivity index (χ1v) is 5.85. The van der Waals surface area contributed by atoms with E-state index in [9.17, 15) is 4.79 Å². The summed E-state index contributed by atoms with van der Waals surface area (Å²) in [7, 11) is 0. The zero-order chi connectivity index (χ0) is 12.1. The molecule has 1 aliphatic heterocycles. The monoisotopic (exact) mass is 235 g/mol. The molecule has 5 nitrogen and oxygen atoms in total. The van der Waals surface area contributed by atoms with Crippen LogP contribution in [-0.2, 0) is 4.79 Å². The molecule has 0 atom stereocenters. The van der Waals surface area contributed by atoms with Crippen LogP contribution in [0.15, 0.2) is 18.3 Å². The lowest BCUT2D eigenvalue weighted by Gasteiger charge is -2.23. The molecule has 17 heavy (non-hydrogen) atoms. The van der Waals surface area contributed by atoms with Gasteiger partial charge in [-0.15, -0.1) is 0 Å². The van der Waals surface area contributed by atoms with E-state index in [1.165, 1.54) is 6.92 Å². The molecule has 0 saturated carbocycles. The number of anilines is 1. The molecule has 2 heterocycles.